The first kappa shape index (κ1) is 17.9. The smallest absolute Gasteiger partial charge is 0.243 e. The molecule has 2 atom stereocenters. The Morgan fingerprint density at radius 3 is 2.70 bits per heavy atom. The Balaban J connectivity index is 2.05. The largest absolute Gasteiger partial charge is 0.353 e. The van der Waals surface area contributed by atoms with Gasteiger partial charge in [-0.25, -0.2) is 8.42 Å². The van der Waals surface area contributed by atoms with Gasteiger partial charge in [0.05, 0.1) is 10.8 Å². The molecular weight excluding hydrogens is 312 g/mol. The fourth-order valence-corrected chi connectivity index (χ4v) is 4.53. The van der Waals surface area contributed by atoms with Crippen LogP contribution >= 0.6 is 0 Å². The van der Waals surface area contributed by atoms with Crippen molar-refractivity contribution in [2.75, 3.05) is 13.1 Å². The van der Waals surface area contributed by atoms with Crippen molar-refractivity contribution in [2.24, 2.45) is 5.92 Å². The summed E-state index contributed by atoms with van der Waals surface area (Å²) in [6, 6.07) is 8.56. The Morgan fingerprint density at radius 1 is 1.35 bits per heavy atom. The van der Waals surface area contributed by atoms with Crippen LogP contribution < -0.4 is 5.32 Å². The van der Waals surface area contributed by atoms with E-state index in [0.29, 0.717) is 17.9 Å². The number of nitrogens with one attached hydrogen (secondary N) is 1. The number of rotatable bonds is 6. The lowest BCUT2D eigenvalue weighted by atomic mass is 9.98. The standard InChI is InChI=1S/C17H26N2O3S/c1-3-8-14(2)18-17(20)15-9-7-12-19(13-15)23(21,22)16-10-5-4-6-11-16/h4-6,10-11,14-15H,3,7-9,12-13H2,1-2H3,(H,18,20)/t14-,15-/m1/s1. The highest BCUT2D eigenvalue weighted by molar-refractivity contribution is 7.89. The number of piperidine rings is 1. The number of benzene rings is 1. The Morgan fingerprint density at radius 2 is 2.04 bits per heavy atom. The minimum atomic E-state index is -3.51. The molecule has 6 heteroatoms. The maximum absolute atomic E-state index is 12.7. The van der Waals surface area contributed by atoms with Crippen LogP contribution in [0.2, 0.25) is 0 Å². The molecule has 1 saturated heterocycles. The van der Waals surface area contributed by atoms with Crippen LogP contribution in [0.15, 0.2) is 35.2 Å². The van der Waals surface area contributed by atoms with Gasteiger partial charge in [-0.1, -0.05) is 31.5 Å². The van der Waals surface area contributed by atoms with Crippen molar-refractivity contribution in [2.45, 2.75) is 50.5 Å². The number of nitrogens with zero attached hydrogens (tertiary/aromatic N) is 1. The van der Waals surface area contributed by atoms with Gasteiger partial charge >= 0.3 is 0 Å². The van der Waals surface area contributed by atoms with E-state index in [2.05, 4.69) is 12.2 Å². The zero-order valence-electron chi connectivity index (χ0n) is 13.9. The quantitative estimate of drug-likeness (QED) is 0.866. The molecule has 1 heterocycles. The second-order valence-electron chi connectivity index (χ2n) is 6.21. The first-order valence-electron chi connectivity index (χ1n) is 8.30. The summed E-state index contributed by atoms with van der Waals surface area (Å²) in [4.78, 5) is 12.7. The zero-order valence-corrected chi connectivity index (χ0v) is 14.7. The van der Waals surface area contributed by atoms with Crippen LogP contribution in [0.5, 0.6) is 0 Å². The van der Waals surface area contributed by atoms with Gasteiger partial charge in [0, 0.05) is 19.1 Å². The fourth-order valence-electron chi connectivity index (χ4n) is 2.98. The van der Waals surface area contributed by atoms with Crippen LogP contribution in [0.4, 0.5) is 0 Å². The number of carbonyl (C=O) groups excluding carboxylic acids is 1. The molecule has 5 nitrogen and oxygen atoms in total. The van der Waals surface area contributed by atoms with Gasteiger partial charge in [0.1, 0.15) is 0 Å². The topological polar surface area (TPSA) is 66.5 Å². The minimum absolute atomic E-state index is 0.0288. The molecule has 0 bridgehead atoms. The summed E-state index contributed by atoms with van der Waals surface area (Å²) in [6.45, 7) is 4.81. The van der Waals surface area contributed by atoms with E-state index < -0.39 is 10.0 Å². The monoisotopic (exact) mass is 338 g/mol. The molecule has 0 aromatic heterocycles. The van der Waals surface area contributed by atoms with Crippen molar-refractivity contribution in [1.82, 2.24) is 9.62 Å². The van der Waals surface area contributed by atoms with Gasteiger partial charge < -0.3 is 5.32 Å². The molecule has 128 valence electrons. The van der Waals surface area contributed by atoms with E-state index in [1.165, 1.54) is 4.31 Å². The molecule has 1 aliphatic heterocycles. The number of sulfonamides is 1. The van der Waals surface area contributed by atoms with Gasteiger partial charge in [-0.2, -0.15) is 4.31 Å². The molecule has 1 aromatic rings. The summed E-state index contributed by atoms with van der Waals surface area (Å²) in [6.07, 6.45) is 3.41. The van der Waals surface area contributed by atoms with Gasteiger partial charge in [-0.05, 0) is 38.3 Å². The van der Waals surface area contributed by atoms with Crippen molar-refractivity contribution in [3.05, 3.63) is 30.3 Å². The molecule has 23 heavy (non-hydrogen) atoms. The molecule has 1 aliphatic rings. The van der Waals surface area contributed by atoms with Crippen molar-refractivity contribution >= 4 is 15.9 Å². The number of carbonyl (C=O) groups is 1. The summed E-state index contributed by atoms with van der Waals surface area (Å²) < 4.78 is 26.8. The van der Waals surface area contributed by atoms with Gasteiger partial charge in [0.25, 0.3) is 0 Å². The average molecular weight is 338 g/mol. The Kier molecular flexibility index (Phi) is 6.18. The highest BCUT2D eigenvalue weighted by Crippen LogP contribution is 2.24. The van der Waals surface area contributed by atoms with E-state index in [-0.39, 0.29) is 24.4 Å². The van der Waals surface area contributed by atoms with Crippen LogP contribution in [-0.4, -0.2) is 37.8 Å². The summed E-state index contributed by atoms with van der Waals surface area (Å²) in [5.74, 6) is -0.291. The lowest BCUT2D eigenvalue weighted by molar-refractivity contribution is -0.126. The Bertz CT molecular complexity index is 616. The molecule has 1 aromatic carbocycles. The lowest BCUT2D eigenvalue weighted by Crippen LogP contribution is -2.47. The molecule has 0 spiro atoms. The van der Waals surface area contributed by atoms with E-state index in [1.54, 1.807) is 30.3 Å². The molecule has 0 unspecified atom stereocenters. The molecule has 1 amide bonds. The molecule has 0 saturated carbocycles. The van der Waals surface area contributed by atoms with Gasteiger partial charge in [-0.3, -0.25) is 4.79 Å². The second-order valence-corrected chi connectivity index (χ2v) is 8.15. The number of amides is 1. The zero-order chi connectivity index (χ0) is 16.9. The predicted molar refractivity (Wildman–Crippen MR) is 90.4 cm³/mol. The molecule has 1 N–H and O–H groups in total. The van der Waals surface area contributed by atoms with Crippen LogP contribution in [0.1, 0.15) is 39.5 Å². The predicted octanol–water partition coefficient (Wildman–Crippen LogP) is 2.39. The highest BCUT2D eigenvalue weighted by Gasteiger charge is 2.33. The maximum Gasteiger partial charge on any atom is 0.243 e. The maximum atomic E-state index is 12.7. The minimum Gasteiger partial charge on any atom is -0.353 e. The first-order chi connectivity index (χ1) is 10.9. The van der Waals surface area contributed by atoms with Crippen molar-refractivity contribution in [1.29, 1.82) is 0 Å². The fraction of sp³-hybridized carbons (Fsp3) is 0.588. The van der Waals surface area contributed by atoms with E-state index >= 15 is 0 Å². The van der Waals surface area contributed by atoms with E-state index in [4.69, 9.17) is 0 Å². The van der Waals surface area contributed by atoms with Crippen LogP contribution in [0, 0.1) is 5.92 Å². The van der Waals surface area contributed by atoms with Crippen LogP contribution in [-0.2, 0) is 14.8 Å². The first-order valence-corrected chi connectivity index (χ1v) is 9.74. The van der Waals surface area contributed by atoms with Gasteiger partial charge in [-0.15, -0.1) is 0 Å². The van der Waals surface area contributed by atoms with Crippen LogP contribution in [0.3, 0.4) is 0 Å². The molecule has 0 aliphatic carbocycles. The normalized spacial score (nSPS) is 20.9. The SMILES string of the molecule is CCC[C@@H](C)NC(=O)[C@@H]1CCCN(S(=O)(=O)c2ccccc2)C1. The molecule has 1 fully saturated rings. The number of hydrogen-bond acceptors (Lipinski definition) is 3. The second kappa shape index (κ2) is 7.93. The van der Waals surface area contributed by atoms with E-state index in [0.717, 1.165) is 19.3 Å². The average Bonchev–Trinajstić information content (AvgIpc) is 2.56. The van der Waals surface area contributed by atoms with Crippen LogP contribution in [0.25, 0.3) is 0 Å². The summed E-state index contributed by atoms with van der Waals surface area (Å²) in [5.41, 5.74) is 0. The van der Waals surface area contributed by atoms with Gasteiger partial charge in [0.2, 0.25) is 15.9 Å². The highest BCUT2D eigenvalue weighted by atomic mass is 32.2. The van der Waals surface area contributed by atoms with Crippen molar-refractivity contribution in [3.8, 4) is 0 Å². The molecule has 0 radical (unpaired) electrons. The summed E-state index contributed by atoms with van der Waals surface area (Å²) >= 11 is 0. The number of hydrogen-bond donors (Lipinski definition) is 1. The third-order valence-corrected chi connectivity index (χ3v) is 6.13. The molecular formula is C17H26N2O3S. The van der Waals surface area contributed by atoms with Crippen molar-refractivity contribution < 1.29 is 13.2 Å². The van der Waals surface area contributed by atoms with Gasteiger partial charge in [0.15, 0.2) is 0 Å². The third-order valence-electron chi connectivity index (χ3n) is 4.25. The summed E-state index contributed by atoms with van der Waals surface area (Å²) in [5, 5.41) is 3.00. The Hall–Kier alpha value is -1.40. The van der Waals surface area contributed by atoms with E-state index in [1.807, 2.05) is 6.92 Å². The van der Waals surface area contributed by atoms with E-state index in [9.17, 15) is 13.2 Å². The third kappa shape index (κ3) is 4.54. The van der Waals surface area contributed by atoms with Crippen molar-refractivity contribution in [3.63, 3.8) is 0 Å². The Labute approximate surface area is 139 Å². The summed E-state index contributed by atoms with van der Waals surface area (Å²) in [7, 11) is -3.51. The molecule has 2 rings (SSSR count). The lowest BCUT2D eigenvalue weighted by Gasteiger charge is -2.31.